The number of hydrogen-bond acceptors (Lipinski definition) is 6. The second-order valence-corrected chi connectivity index (χ2v) is 9.63. The average molecular weight is 522 g/mol. The maximum Gasteiger partial charge on any atom is 0.182 e. The lowest BCUT2D eigenvalue weighted by atomic mass is 9.74. The molecular weight excluding hydrogens is 490 g/mol. The first kappa shape index (κ1) is 27.1. The van der Waals surface area contributed by atoms with E-state index in [4.69, 9.17) is 4.74 Å². The number of nitrogens with one attached hydrogen (secondary N) is 1. The van der Waals surface area contributed by atoms with Gasteiger partial charge in [0.15, 0.2) is 11.6 Å². The zero-order valence-electron chi connectivity index (χ0n) is 20.6. The maximum atomic E-state index is 14.7. The third-order valence-electron chi connectivity index (χ3n) is 7.34. The standard InChI is InChI=1S/C27H31F4N3O3/c1-37-18-2-3-22-19(14-18)25(21(30)15-33-22)24(36)4-5-27(16-35)6-9-34(10-7-27)11-8-32-23-13-17(28)12-20(29)26(23)31/h2-3,12-15,24,32,35-36H,4-11,16H2,1H3/t24-/m0/s1. The van der Waals surface area contributed by atoms with E-state index < -0.39 is 34.8 Å². The van der Waals surface area contributed by atoms with Crippen molar-refractivity contribution >= 4 is 16.6 Å². The van der Waals surface area contributed by atoms with Crippen molar-refractivity contribution in [2.45, 2.75) is 31.8 Å². The summed E-state index contributed by atoms with van der Waals surface area (Å²) in [6.07, 6.45) is 2.10. The molecule has 0 aliphatic carbocycles. The van der Waals surface area contributed by atoms with Crippen LogP contribution in [0.25, 0.3) is 10.9 Å². The number of pyridine rings is 1. The number of fused-ring (bicyclic) bond motifs is 1. The van der Waals surface area contributed by atoms with Gasteiger partial charge in [-0.3, -0.25) is 4.98 Å². The number of anilines is 1. The number of ether oxygens (including phenoxy) is 1. The molecule has 1 aliphatic heterocycles. The van der Waals surface area contributed by atoms with Crippen LogP contribution in [-0.2, 0) is 0 Å². The summed E-state index contributed by atoms with van der Waals surface area (Å²) >= 11 is 0. The van der Waals surface area contributed by atoms with E-state index in [1.54, 1.807) is 18.2 Å². The molecule has 0 unspecified atom stereocenters. The predicted molar refractivity (Wildman–Crippen MR) is 132 cm³/mol. The van der Waals surface area contributed by atoms with E-state index in [2.05, 4.69) is 15.2 Å². The summed E-state index contributed by atoms with van der Waals surface area (Å²) in [5.41, 5.74) is 0.0822. The molecule has 0 spiro atoms. The predicted octanol–water partition coefficient (Wildman–Crippen LogP) is 4.80. The molecule has 1 atom stereocenters. The molecule has 2 heterocycles. The minimum Gasteiger partial charge on any atom is -0.497 e. The summed E-state index contributed by atoms with van der Waals surface area (Å²) in [5.74, 6) is -3.27. The minimum atomic E-state index is -1.24. The number of nitrogens with zero attached hydrogens (tertiary/aromatic N) is 2. The normalized spacial score (nSPS) is 16.6. The highest BCUT2D eigenvalue weighted by molar-refractivity contribution is 5.84. The van der Waals surface area contributed by atoms with Crippen LogP contribution >= 0.6 is 0 Å². The summed E-state index contributed by atoms with van der Waals surface area (Å²) < 4.78 is 60.5. The van der Waals surface area contributed by atoms with Crippen LogP contribution in [0, 0.1) is 28.7 Å². The molecule has 1 fully saturated rings. The number of aliphatic hydroxyl groups is 2. The van der Waals surface area contributed by atoms with Gasteiger partial charge in [-0.1, -0.05) is 0 Å². The second kappa shape index (κ2) is 11.6. The first-order chi connectivity index (χ1) is 17.7. The van der Waals surface area contributed by atoms with Gasteiger partial charge in [-0.05, 0) is 62.4 Å². The van der Waals surface area contributed by atoms with Gasteiger partial charge in [0.2, 0.25) is 0 Å². The van der Waals surface area contributed by atoms with Crippen LogP contribution < -0.4 is 10.1 Å². The molecule has 2 aromatic carbocycles. The van der Waals surface area contributed by atoms with E-state index >= 15 is 0 Å². The zero-order valence-corrected chi connectivity index (χ0v) is 20.6. The van der Waals surface area contributed by atoms with E-state index in [1.165, 1.54) is 7.11 Å². The Bertz CT molecular complexity index is 1240. The van der Waals surface area contributed by atoms with Crippen LogP contribution in [0.1, 0.15) is 37.4 Å². The first-order valence-electron chi connectivity index (χ1n) is 12.3. The highest BCUT2D eigenvalue weighted by Crippen LogP contribution is 2.39. The summed E-state index contributed by atoms with van der Waals surface area (Å²) in [6.45, 7) is 2.07. The van der Waals surface area contributed by atoms with E-state index in [0.717, 1.165) is 12.3 Å². The quantitative estimate of drug-likeness (QED) is 0.263. The molecule has 0 amide bonds. The van der Waals surface area contributed by atoms with Gasteiger partial charge in [0.1, 0.15) is 17.4 Å². The second-order valence-electron chi connectivity index (χ2n) is 9.63. The van der Waals surface area contributed by atoms with E-state index in [-0.39, 0.29) is 24.3 Å². The molecule has 1 saturated heterocycles. The Morgan fingerprint density at radius 1 is 1.11 bits per heavy atom. The molecule has 6 nitrogen and oxygen atoms in total. The SMILES string of the molecule is COc1ccc2ncc(F)c([C@@H](O)CCC3(CO)CCN(CCNc4cc(F)cc(F)c4F)CC3)c2c1. The first-order valence-corrected chi connectivity index (χ1v) is 12.3. The number of methoxy groups -OCH3 is 1. The Morgan fingerprint density at radius 3 is 2.57 bits per heavy atom. The molecule has 1 aliphatic rings. The van der Waals surface area contributed by atoms with Crippen molar-refractivity contribution in [1.29, 1.82) is 0 Å². The van der Waals surface area contributed by atoms with Crippen LogP contribution in [0.2, 0.25) is 0 Å². The number of hydrogen-bond donors (Lipinski definition) is 3. The molecule has 200 valence electrons. The van der Waals surface area contributed by atoms with Gasteiger partial charge in [0.05, 0.1) is 30.6 Å². The third-order valence-corrected chi connectivity index (χ3v) is 7.34. The summed E-state index contributed by atoms with van der Waals surface area (Å²) in [5, 5.41) is 24.4. The molecule has 3 N–H and O–H groups in total. The van der Waals surface area contributed by atoms with Crippen molar-refractivity contribution in [2.24, 2.45) is 5.41 Å². The molecule has 10 heteroatoms. The molecule has 1 aromatic heterocycles. The highest BCUT2D eigenvalue weighted by Gasteiger charge is 2.34. The van der Waals surface area contributed by atoms with Gasteiger partial charge in [0.25, 0.3) is 0 Å². The number of likely N-dealkylation sites (tertiary alicyclic amines) is 1. The van der Waals surface area contributed by atoms with Crippen LogP contribution in [0.15, 0.2) is 36.5 Å². The Hall–Kier alpha value is -2.95. The van der Waals surface area contributed by atoms with Crippen molar-refractivity contribution in [2.75, 3.05) is 45.2 Å². The monoisotopic (exact) mass is 521 g/mol. The Balaban J connectivity index is 1.33. The zero-order chi connectivity index (χ0) is 26.6. The number of rotatable bonds is 10. The van der Waals surface area contributed by atoms with E-state index in [1.807, 2.05) is 0 Å². The number of halogens is 4. The smallest absolute Gasteiger partial charge is 0.182 e. The fraction of sp³-hybridized carbons (Fsp3) is 0.444. The van der Waals surface area contributed by atoms with Gasteiger partial charge < -0.3 is 25.2 Å². The topological polar surface area (TPSA) is 77.8 Å². The third kappa shape index (κ3) is 6.14. The van der Waals surface area contributed by atoms with Crippen molar-refractivity contribution < 1.29 is 32.5 Å². The molecule has 0 saturated carbocycles. The summed E-state index contributed by atoms with van der Waals surface area (Å²) in [7, 11) is 1.51. The van der Waals surface area contributed by atoms with Crippen LogP contribution in [0.4, 0.5) is 23.2 Å². The molecule has 3 aromatic rings. The van der Waals surface area contributed by atoms with Gasteiger partial charge in [0, 0.05) is 42.8 Å². The van der Waals surface area contributed by atoms with Crippen LogP contribution in [0.5, 0.6) is 5.75 Å². The Morgan fingerprint density at radius 2 is 1.86 bits per heavy atom. The summed E-state index contributed by atoms with van der Waals surface area (Å²) in [4.78, 5) is 6.21. The largest absolute Gasteiger partial charge is 0.497 e. The van der Waals surface area contributed by atoms with E-state index in [0.29, 0.717) is 68.2 Å². The minimum absolute atomic E-state index is 0.0625. The fourth-order valence-electron chi connectivity index (χ4n) is 4.99. The lowest BCUT2D eigenvalue weighted by Gasteiger charge is -2.41. The van der Waals surface area contributed by atoms with Crippen molar-refractivity contribution in [3.05, 3.63) is 65.4 Å². The lowest BCUT2D eigenvalue weighted by molar-refractivity contribution is 0.0244. The van der Waals surface area contributed by atoms with Gasteiger partial charge in [-0.25, -0.2) is 17.6 Å². The van der Waals surface area contributed by atoms with Gasteiger partial charge in [-0.15, -0.1) is 0 Å². The summed E-state index contributed by atoms with van der Waals surface area (Å²) in [6, 6.07) is 6.51. The van der Waals surface area contributed by atoms with Crippen LogP contribution in [-0.4, -0.2) is 60.0 Å². The number of benzene rings is 2. The molecule has 0 radical (unpaired) electrons. The number of piperidine rings is 1. The molecule has 0 bridgehead atoms. The fourth-order valence-corrected chi connectivity index (χ4v) is 4.99. The van der Waals surface area contributed by atoms with Crippen molar-refractivity contribution in [1.82, 2.24) is 9.88 Å². The molecular formula is C27H31F4N3O3. The lowest BCUT2D eigenvalue weighted by Crippen LogP contribution is -2.43. The highest BCUT2D eigenvalue weighted by atomic mass is 19.2. The Labute approximate surface area is 212 Å². The van der Waals surface area contributed by atoms with Gasteiger partial charge >= 0.3 is 0 Å². The Kier molecular flexibility index (Phi) is 8.51. The van der Waals surface area contributed by atoms with Gasteiger partial charge in [-0.2, -0.15) is 0 Å². The van der Waals surface area contributed by atoms with Crippen molar-refractivity contribution in [3.8, 4) is 5.75 Å². The molecule has 4 rings (SSSR count). The van der Waals surface area contributed by atoms with Crippen molar-refractivity contribution in [3.63, 3.8) is 0 Å². The average Bonchev–Trinajstić information content (AvgIpc) is 2.90. The van der Waals surface area contributed by atoms with Crippen LogP contribution in [0.3, 0.4) is 0 Å². The number of aromatic nitrogens is 1. The maximum absolute atomic E-state index is 14.7. The number of aliphatic hydroxyl groups excluding tert-OH is 2. The molecule has 37 heavy (non-hydrogen) atoms. The van der Waals surface area contributed by atoms with E-state index in [9.17, 15) is 27.8 Å².